The average Bonchev–Trinajstić information content (AvgIpc) is 3.36. The summed E-state index contributed by atoms with van der Waals surface area (Å²) in [6.45, 7) is 0.661. The van der Waals surface area contributed by atoms with E-state index in [2.05, 4.69) is 4.98 Å². The summed E-state index contributed by atoms with van der Waals surface area (Å²) in [5.41, 5.74) is -0.567. The molecule has 29 heavy (non-hydrogen) atoms. The van der Waals surface area contributed by atoms with Crippen molar-refractivity contribution < 1.29 is 27.1 Å². The van der Waals surface area contributed by atoms with Crippen LogP contribution in [-0.4, -0.2) is 40.6 Å². The van der Waals surface area contributed by atoms with Crippen molar-refractivity contribution in [1.29, 1.82) is 0 Å². The van der Waals surface area contributed by atoms with Gasteiger partial charge in [0.05, 0.1) is 25.0 Å². The molecule has 0 saturated heterocycles. The average molecular weight is 407 g/mol. The maximum atomic E-state index is 13.3. The normalized spacial score (nSPS) is 11.6. The minimum absolute atomic E-state index is 0.0158. The molecule has 1 aromatic carbocycles. The first-order valence-corrected chi connectivity index (χ1v) is 8.87. The number of ether oxygens (including phenoxy) is 1. The lowest BCUT2D eigenvalue weighted by Crippen LogP contribution is -2.34. The molecule has 0 aliphatic heterocycles. The largest absolute Gasteiger partial charge is 0.459 e. The second kappa shape index (κ2) is 8.95. The molecule has 2 aromatic heterocycles. The maximum Gasteiger partial charge on any atom is 0.416 e. The molecule has 0 bridgehead atoms. The van der Waals surface area contributed by atoms with E-state index < -0.39 is 11.7 Å². The minimum Gasteiger partial charge on any atom is -0.459 e. The molecule has 6 nitrogen and oxygen atoms in total. The first-order valence-electron chi connectivity index (χ1n) is 8.87. The molecular formula is C20H20F3N3O3. The number of benzene rings is 1. The summed E-state index contributed by atoms with van der Waals surface area (Å²) in [4.78, 5) is 18.4. The van der Waals surface area contributed by atoms with E-state index in [1.54, 1.807) is 29.0 Å². The molecule has 2 heterocycles. The highest BCUT2D eigenvalue weighted by Crippen LogP contribution is 2.32. The highest BCUT2D eigenvalue weighted by atomic mass is 19.4. The van der Waals surface area contributed by atoms with Crippen LogP contribution in [0.3, 0.4) is 0 Å². The van der Waals surface area contributed by atoms with E-state index in [1.807, 2.05) is 0 Å². The van der Waals surface area contributed by atoms with Gasteiger partial charge in [-0.25, -0.2) is 4.98 Å². The smallest absolute Gasteiger partial charge is 0.416 e. The molecule has 154 valence electrons. The van der Waals surface area contributed by atoms with Crippen LogP contribution in [0.15, 0.2) is 59.5 Å². The van der Waals surface area contributed by atoms with Crippen molar-refractivity contribution in [3.63, 3.8) is 0 Å². The van der Waals surface area contributed by atoms with Crippen LogP contribution in [0.5, 0.6) is 0 Å². The maximum absolute atomic E-state index is 13.3. The predicted octanol–water partition coefficient (Wildman–Crippen LogP) is 3.83. The number of amides is 1. The van der Waals surface area contributed by atoms with Crippen molar-refractivity contribution in [2.24, 2.45) is 0 Å². The number of rotatable bonds is 8. The first-order chi connectivity index (χ1) is 13.9. The Labute approximate surface area is 165 Å². The highest BCUT2D eigenvalue weighted by molar-refractivity contribution is 5.91. The summed E-state index contributed by atoms with van der Waals surface area (Å²) in [5, 5.41) is 0. The Morgan fingerprint density at radius 3 is 2.72 bits per heavy atom. The molecular weight excluding hydrogens is 387 g/mol. The highest BCUT2D eigenvalue weighted by Gasteiger charge is 2.33. The standard InChI is InChI=1S/C20H20F3N3O3/c1-28-12-10-26(19(27)17-7-4-11-29-17)14-18-24-8-9-25(18)13-15-5-2-3-6-16(15)20(21,22)23/h2-9,11H,10,12-14H2,1H3. The van der Waals surface area contributed by atoms with Gasteiger partial charge in [-0.3, -0.25) is 4.79 Å². The zero-order valence-electron chi connectivity index (χ0n) is 15.7. The Hall–Kier alpha value is -3.07. The number of hydrogen-bond donors (Lipinski definition) is 0. The summed E-state index contributed by atoms with van der Waals surface area (Å²) in [6.07, 6.45) is 0.0413. The van der Waals surface area contributed by atoms with Crippen LogP contribution in [0, 0.1) is 0 Å². The molecule has 3 rings (SSSR count). The van der Waals surface area contributed by atoms with Crippen molar-refractivity contribution in [2.45, 2.75) is 19.3 Å². The molecule has 0 aliphatic rings. The molecule has 0 radical (unpaired) electrons. The zero-order valence-corrected chi connectivity index (χ0v) is 15.7. The number of furan rings is 1. The lowest BCUT2D eigenvalue weighted by atomic mass is 10.1. The number of hydrogen-bond acceptors (Lipinski definition) is 4. The van der Waals surface area contributed by atoms with Gasteiger partial charge in [0.15, 0.2) is 5.76 Å². The number of carbonyl (C=O) groups is 1. The number of halogens is 3. The Kier molecular flexibility index (Phi) is 6.38. The van der Waals surface area contributed by atoms with Gasteiger partial charge in [0.2, 0.25) is 0 Å². The van der Waals surface area contributed by atoms with Crippen molar-refractivity contribution >= 4 is 5.91 Å². The fourth-order valence-corrected chi connectivity index (χ4v) is 2.93. The van der Waals surface area contributed by atoms with Crippen LogP contribution in [0.2, 0.25) is 0 Å². The van der Waals surface area contributed by atoms with E-state index in [0.29, 0.717) is 12.4 Å². The van der Waals surface area contributed by atoms with Crippen LogP contribution in [-0.2, 0) is 24.0 Å². The van der Waals surface area contributed by atoms with Crippen molar-refractivity contribution in [1.82, 2.24) is 14.5 Å². The summed E-state index contributed by atoms with van der Waals surface area (Å²) in [6, 6.07) is 8.56. The van der Waals surface area contributed by atoms with E-state index in [9.17, 15) is 18.0 Å². The van der Waals surface area contributed by atoms with Gasteiger partial charge < -0.3 is 18.6 Å². The van der Waals surface area contributed by atoms with Crippen molar-refractivity contribution in [3.8, 4) is 0 Å². The van der Waals surface area contributed by atoms with Crippen LogP contribution >= 0.6 is 0 Å². The van der Waals surface area contributed by atoms with Crippen LogP contribution in [0.25, 0.3) is 0 Å². The monoisotopic (exact) mass is 407 g/mol. The minimum atomic E-state index is -4.45. The van der Waals surface area contributed by atoms with Crippen molar-refractivity contribution in [3.05, 3.63) is 77.8 Å². The van der Waals surface area contributed by atoms with Gasteiger partial charge in [0, 0.05) is 32.6 Å². The third-order valence-electron chi connectivity index (χ3n) is 4.38. The third kappa shape index (κ3) is 5.05. The molecule has 9 heteroatoms. The number of carbonyl (C=O) groups excluding carboxylic acids is 1. The molecule has 0 unspecified atom stereocenters. The Balaban J connectivity index is 1.83. The van der Waals surface area contributed by atoms with Crippen LogP contribution in [0.1, 0.15) is 27.5 Å². The molecule has 3 aromatic rings. The first kappa shape index (κ1) is 20.7. The number of imidazole rings is 1. The molecule has 0 aliphatic carbocycles. The van der Waals surface area contributed by atoms with Gasteiger partial charge >= 0.3 is 6.18 Å². The molecule has 0 spiro atoms. The number of aromatic nitrogens is 2. The lowest BCUT2D eigenvalue weighted by molar-refractivity contribution is -0.138. The van der Waals surface area contributed by atoms with E-state index in [1.165, 1.54) is 36.6 Å². The number of methoxy groups -OCH3 is 1. The summed E-state index contributed by atoms with van der Waals surface area (Å²) < 4.78 is 51.7. The zero-order chi connectivity index (χ0) is 20.9. The topological polar surface area (TPSA) is 60.5 Å². The number of alkyl halides is 3. The fraction of sp³-hybridized carbons (Fsp3) is 0.300. The van der Waals surface area contributed by atoms with E-state index in [4.69, 9.17) is 9.15 Å². The Morgan fingerprint density at radius 2 is 2.03 bits per heavy atom. The van der Waals surface area contributed by atoms with Crippen LogP contribution < -0.4 is 0 Å². The van der Waals surface area contributed by atoms with Gasteiger partial charge in [-0.15, -0.1) is 0 Å². The van der Waals surface area contributed by atoms with Gasteiger partial charge in [0.25, 0.3) is 5.91 Å². The fourth-order valence-electron chi connectivity index (χ4n) is 2.93. The third-order valence-corrected chi connectivity index (χ3v) is 4.38. The van der Waals surface area contributed by atoms with E-state index >= 15 is 0 Å². The van der Waals surface area contributed by atoms with Gasteiger partial charge in [-0.2, -0.15) is 13.2 Å². The summed E-state index contributed by atoms with van der Waals surface area (Å²) in [7, 11) is 1.52. The van der Waals surface area contributed by atoms with Gasteiger partial charge in [-0.05, 0) is 23.8 Å². The second-order valence-electron chi connectivity index (χ2n) is 6.32. The molecule has 1 amide bonds. The van der Waals surface area contributed by atoms with E-state index in [0.717, 1.165) is 6.07 Å². The quantitative estimate of drug-likeness (QED) is 0.569. The molecule has 0 N–H and O–H groups in total. The summed E-state index contributed by atoms with van der Waals surface area (Å²) in [5.74, 6) is 0.275. The predicted molar refractivity (Wildman–Crippen MR) is 98.1 cm³/mol. The SMILES string of the molecule is COCCN(Cc1nccn1Cc1ccccc1C(F)(F)F)C(=O)c1ccco1. The molecule has 0 atom stereocenters. The van der Waals surface area contributed by atoms with Crippen molar-refractivity contribution in [2.75, 3.05) is 20.3 Å². The molecule has 0 saturated carbocycles. The second-order valence-corrected chi connectivity index (χ2v) is 6.32. The van der Waals surface area contributed by atoms with Crippen LogP contribution in [0.4, 0.5) is 13.2 Å². The molecule has 0 fully saturated rings. The van der Waals surface area contributed by atoms with Gasteiger partial charge in [-0.1, -0.05) is 18.2 Å². The Bertz CT molecular complexity index is 936. The van der Waals surface area contributed by atoms with E-state index in [-0.39, 0.29) is 36.9 Å². The summed E-state index contributed by atoms with van der Waals surface area (Å²) >= 11 is 0. The Morgan fingerprint density at radius 1 is 1.24 bits per heavy atom. The lowest BCUT2D eigenvalue weighted by Gasteiger charge is -2.22. The number of nitrogens with zero attached hydrogens (tertiary/aromatic N) is 3. The van der Waals surface area contributed by atoms with Gasteiger partial charge in [0.1, 0.15) is 5.82 Å².